The Balaban J connectivity index is 1.58. The quantitative estimate of drug-likeness (QED) is 0.439. The Kier molecular flexibility index (Phi) is 5.77. The average molecular weight is 431 g/mol. The molecule has 0 saturated heterocycles. The molecule has 31 heavy (non-hydrogen) atoms. The highest BCUT2D eigenvalue weighted by molar-refractivity contribution is 8.00. The number of primary amides is 1. The molecule has 0 aliphatic heterocycles. The molecule has 0 spiro atoms. The molecule has 4 aromatic rings. The van der Waals surface area contributed by atoms with E-state index in [1.807, 2.05) is 38.1 Å². The van der Waals surface area contributed by atoms with Crippen LogP contribution in [0.2, 0.25) is 0 Å². The number of carbonyl (C=O) groups excluding carboxylic acids is 2. The maximum atomic E-state index is 12.8. The number of imidazole rings is 1. The summed E-state index contributed by atoms with van der Waals surface area (Å²) in [6, 6.07) is 22.7. The molecule has 0 bridgehead atoms. The van der Waals surface area contributed by atoms with E-state index >= 15 is 0 Å². The average Bonchev–Trinajstić information content (AvgIpc) is 3.12. The van der Waals surface area contributed by atoms with Crippen LogP contribution < -0.4 is 11.1 Å². The Morgan fingerprint density at radius 2 is 1.68 bits per heavy atom. The molecule has 156 valence electrons. The second-order valence-corrected chi connectivity index (χ2v) is 8.55. The zero-order valence-electron chi connectivity index (χ0n) is 17.2. The summed E-state index contributed by atoms with van der Waals surface area (Å²) in [6.45, 7) is 3.89. The minimum absolute atomic E-state index is 0.153. The molecule has 0 saturated carbocycles. The van der Waals surface area contributed by atoms with Gasteiger partial charge in [0.2, 0.25) is 11.8 Å². The number of nitrogens with one attached hydrogen (secondary N) is 1. The molecule has 2 amide bonds. The third-order valence-corrected chi connectivity index (χ3v) is 5.96. The van der Waals surface area contributed by atoms with Crippen molar-refractivity contribution < 1.29 is 9.59 Å². The lowest BCUT2D eigenvalue weighted by Gasteiger charge is -2.14. The van der Waals surface area contributed by atoms with Gasteiger partial charge in [0.25, 0.3) is 0 Å². The van der Waals surface area contributed by atoms with Crippen LogP contribution in [0.3, 0.4) is 0 Å². The summed E-state index contributed by atoms with van der Waals surface area (Å²) in [4.78, 5) is 28.8. The Bertz CT molecular complexity index is 1250. The van der Waals surface area contributed by atoms with E-state index in [2.05, 4.69) is 34.1 Å². The number of hydrogen-bond acceptors (Lipinski definition) is 4. The Morgan fingerprint density at radius 3 is 2.35 bits per heavy atom. The first-order valence-corrected chi connectivity index (χ1v) is 10.7. The summed E-state index contributed by atoms with van der Waals surface area (Å²) in [5, 5.41) is 3.23. The molecule has 0 aliphatic rings. The van der Waals surface area contributed by atoms with Crippen molar-refractivity contribution in [1.29, 1.82) is 0 Å². The van der Waals surface area contributed by atoms with Crippen LogP contribution in [0.5, 0.6) is 0 Å². The van der Waals surface area contributed by atoms with Crippen LogP contribution in [0.15, 0.2) is 78.0 Å². The van der Waals surface area contributed by atoms with Crippen LogP contribution >= 0.6 is 11.8 Å². The summed E-state index contributed by atoms with van der Waals surface area (Å²) in [6.07, 6.45) is 0. The van der Waals surface area contributed by atoms with Crippen LogP contribution in [-0.2, 0) is 4.79 Å². The summed E-state index contributed by atoms with van der Waals surface area (Å²) >= 11 is 1.40. The number of anilines is 1. The van der Waals surface area contributed by atoms with Gasteiger partial charge in [-0.2, -0.15) is 0 Å². The Morgan fingerprint density at radius 1 is 1.00 bits per heavy atom. The van der Waals surface area contributed by atoms with Crippen molar-refractivity contribution in [2.75, 3.05) is 5.32 Å². The van der Waals surface area contributed by atoms with Gasteiger partial charge in [0.05, 0.1) is 16.3 Å². The Hall–Kier alpha value is -3.58. The summed E-state index contributed by atoms with van der Waals surface area (Å²) in [5.74, 6) is -0.656. The molecule has 6 nitrogen and oxygen atoms in total. The predicted octanol–water partition coefficient (Wildman–Crippen LogP) is 4.55. The fraction of sp³-hybridized carbons (Fsp3) is 0.125. The van der Waals surface area contributed by atoms with Crippen molar-refractivity contribution in [1.82, 2.24) is 9.55 Å². The van der Waals surface area contributed by atoms with Crippen molar-refractivity contribution in [3.63, 3.8) is 0 Å². The highest BCUT2D eigenvalue weighted by Gasteiger charge is 2.20. The number of aryl methyl sites for hydroxylation is 1. The highest BCUT2D eigenvalue weighted by Crippen LogP contribution is 2.31. The van der Waals surface area contributed by atoms with Gasteiger partial charge in [0, 0.05) is 16.9 Å². The lowest BCUT2D eigenvalue weighted by Crippen LogP contribution is -2.23. The van der Waals surface area contributed by atoms with Gasteiger partial charge < -0.3 is 11.1 Å². The molecule has 0 unspecified atom stereocenters. The molecular weight excluding hydrogens is 408 g/mol. The SMILES string of the molecule is Cc1ccc(-n2c(S[C@H](C)C(=O)Nc3ccc(C(N)=O)cc3)nc3ccccc32)cc1. The van der Waals surface area contributed by atoms with Gasteiger partial charge in [0.15, 0.2) is 5.16 Å². The highest BCUT2D eigenvalue weighted by atomic mass is 32.2. The largest absolute Gasteiger partial charge is 0.366 e. The molecule has 0 aliphatic carbocycles. The number of benzene rings is 3. The maximum Gasteiger partial charge on any atom is 0.248 e. The number of nitrogens with two attached hydrogens (primary N) is 1. The van der Waals surface area contributed by atoms with Crippen molar-refractivity contribution in [3.8, 4) is 5.69 Å². The van der Waals surface area contributed by atoms with Gasteiger partial charge in [-0.25, -0.2) is 4.98 Å². The van der Waals surface area contributed by atoms with Gasteiger partial charge in [-0.05, 0) is 62.4 Å². The number of aromatic nitrogens is 2. The first-order valence-electron chi connectivity index (χ1n) is 9.84. The summed E-state index contributed by atoms with van der Waals surface area (Å²) in [5.41, 5.74) is 10.3. The normalized spacial score (nSPS) is 11.9. The summed E-state index contributed by atoms with van der Waals surface area (Å²) < 4.78 is 2.07. The zero-order chi connectivity index (χ0) is 22.0. The van der Waals surface area contributed by atoms with E-state index in [1.54, 1.807) is 24.3 Å². The van der Waals surface area contributed by atoms with Gasteiger partial charge in [0.1, 0.15) is 0 Å². The molecule has 0 fully saturated rings. The smallest absolute Gasteiger partial charge is 0.248 e. The number of carbonyl (C=O) groups is 2. The standard InChI is InChI=1S/C24H22N4O2S/c1-15-7-13-19(14-8-15)28-21-6-4-3-5-20(21)27-24(28)31-16(2)23(30)26-18-11-9-17(10-12-18)22(25)29/h3-14,16H,1-2H3,(H2,25,29)(H,26,30)/t16-/m1/s1. The van der Waals surface area contributed by atoms with Gasteiger partial charge in [-0.1, -0.05) is 41.6 Å². The molecule has 3 aromatic carbocycles. The minimum Gasteiger partial charge on any atom is -0.366 e. The van der Waals surface area contributed by atoms with Gasteiger partial charge in [-0.3, -0.25) is 14.2 Å². The van der Waals surface area contributed by atoms with Crippen LogP contribution in [0, 0.1) is 6.92 Å². The van der Waals surface area contributed by atoms with E-state index in [9.17, 15) is 9.59 Å². The monoisotopic (exact) mass is 430 g/mol. The predicted molar refractivity (Wildman–Crippen MR) is 125 cm³/mol. The van der Waals surface area contributed by atoms with E-state index in [1.165, 1.54) is 17.3 Å². The van der Waals surface area contributed by atoms with Crippen LogP contribution in [0.4, 0.5) is 5.69 Å². The molecular formula is C24H22N4O2S. The van der Waals surface area contributed by atoms with Crippen LogP contribution in [0.1, 0.15) is 22.8 Å². The van der Waals surface area contributed by atoms with E-state index < -0.39 is 11.2 Å². The molecule has 0 radical (unpaired) electrons. The molecule has 7 heteroatoms. The number of fused-ring (bicyclic) bond motifs is 1. The molecule has 4 rings (SSSR count). The van der Waals surface area contributed by atoms with Crippen molar-refractivity contribution in [2.45, 2.75) is 24.3 Å². The fourth-order valence-corrected chi connectivity index (χ4v) is 4.14. The first kappa shape index (κ1) is 20.7. The van der Waals surface area contributed by atoms with Gasteiger partial charge in [-0.15, -0.1) is 0 Å². The zero-order valence-corrected chi connectivity index (χ0v) is 18.0. The minimum atomic E-state index is -0.503. The number of amides is 2. The van der Waals surface area contributed by atoms with Crippen molar-refractivity contribution >= 4 is 40.3 Å². The third-order valence-electron chi connectivity index (χ3n) is 4.91. The van der Waals surface area contributed by atoms with E-state index in [0.29, 0.717) is 11.3 Å². The molecule has 3 N–H and O–H groups in total. The lowest BCUT2D eigenvalue weighted by atomic mass is 10.2. The van der Waals surface area contributed by atoms with E-state index in [0.717, 1.165) is 21.9 Å². The van der Waals surface area contributed by atoms with E-state index in [-0.39, 0.29) is 5.91 Å². The lowest BCUT2D eigenvalue weighted by molar-refractivity contribution is -0.115. The number of hydrogen-bond donors (Lipinski definition) is 2. The second-order valence-electron chi connectivity index (χ2n) is 7.24. The van der Waals surface area contributed by atoms with Crippen LogP contribution in [0.25, 0.3) is 16.7 Å². The first-order chi connectivity index (χ1) is 14.9. The topological polar surface area (TPSA) is 90.0 Å². The number of rotatable bonds is 6. The number of para-hydroxylation sites is 2. The second kappa shape index (κ2) is 8.65. The van der Waals surface area contributed by atoms with Crippen molar-refractivity contribution in [3.05, 3.63) is 83.9 Å². The Labute approximate surface area is 184 Å². The molecule has 1 atom stereocenters. The van der Waals surface area contributed by atoms with E-state index in [4.69, 9.17) is 10.7 Å². The summed E-state index contributed by atoms with van der Waals surface area (Å²) in [7, 11) is 0. The third kappa shape index (κ3) is 4.46. The van der Waals surface area contributed by atoms with Crippen molar-refractivity contribution in [2.24, 2.45) is 5.73 Å². The fourth-order valence-electron chi connectivity index (χ4n) is 3.20. The molecule has 1 heterocycles. The van der Waals surface area contributed by atoms with Gasteiger partial charge >= 0.3 is 0 Å². The number of thioether (sulfide) groups is 1. The van der Waals surface area contributed by atoms with Crippen LogP contribution in [-0.4, -0.2) is 26.6 Å². The maximum absolute atomic E-state index is 12.8. The number of nitrogens with zero attached hydrogens (tertiary/aromatic N) is 2. The molecule has 1 aromatic heterocycles.